The van der Waals surface area contributed by atoms with Gasteiger partial charge in [-0.1, -0.05) is 30.3 Å². The van der Waals surface area contributed by atoms with Gasteiger partial charge in [-0.25, -0.2) is 0 Å². The van der Waals surface area contributed by atoms with E-state index in [-0.39, 0.29) is 12.5 Å². The molecular formula is C18H21NO3S. The summed E-state index contributed by atoms with van der Waals surface area (Å²) < 4.78 is 5.55. The lowest BCUT2D eigenvalue weighted by molar-refractivity contribution is -0.124. The second-order valence-corrected chi connectivity index (χ2v) is 7.14. The first-order valence-electron chi connectivity index (χ1n) is 7.83. The van der Waals surface area contributed by atoms with E-state index >= 15 is 0 Å². The molecule has 2 aromatic carbocycles. The maximum atomic E-state index is 11.9. The highest BCUT2D eigenvalue weighted by molar-refractivity contribution is 7.99. The van der Waals surface area contributed by atoms with Crippen LogP contribution in [0, 0.1) is 0 Å². The number of carbonyl (C=O) groups is 1. The Hall–Kier alpha value is -1.72. The van der Waals surface area contributed by atoms with Crippen molar-refractivity contribution in [2.75, 3.05) is 24.7 Å². The van der Waals surface area contributed by atoms with Crippen molar-refractivity contribution in [2.45, 2.75) is 18.4 Å². The first-order valence-corrected chi connectivity index (χ1v) is 8.99. The van der Waals surface area contributed by atoms with Crippen LogP contribution in [-0.2, 0) is 4.79 Å². The van der Waals surface area contributed by atoms with E-state index in [4.69, 9.17) is 4.74 Å². The quantitative estimate of drug-likeness (QED) is 0.884. The van der Waals surface area contributed by atoms with E-state index in [0.717, 1.165) is 35.1 Å². The Kier molecular flexibility index (Phi) is 5.08. The minimum Gasteiger partial charge on any atom is -0.484 e. The van der Waals surface area contributed by atoms with E-state index in [0.29, 0.717) is 12.3 Å². The number of thioether (sulfide) groups is 1. The molecule has 4 nitrogen and oxygen atoms in total. The maximum Gasteiger partial charge on any atom is 0.258 e. The minimum atomic E-state index is -0.760. The molecule has 3 rings (SSSR count). The molecule has 0 aromatic heterocycles. The van der Waals surface area contributed by atoms with Crippen LogP contribution < -0.4 is 10.1 Å². The van der Waals surface area contributed by atoms with E-state index in [1.54, 1.807) is 0 Å². The van der Waals surface area contributed by atoms with Crippen molar-refractivity contribution in [2.24, 2.45) is 0 Å². The molecule has 1 heterocycles. The highest BCUT2D eigenvalue weighted by atomic mass is 32.2. The van der Waals surface area contributed by atoms with Gasteiger partial charge in [0.05, 0.1) is 5.60 Å². The fourth-order valence-electron chi connectivity index (χ4n) is 2.65. The summed E-state index contributed by atoms with van der Waals surface area (Å²) in [5.74, 6) is 2.36. The van der Waals surface area contributed by atoms with Gasteiger partial charge in [0.15, 0.2) is 6.61 Å². The van der Waals surface area contributed by atoms with Crippen molar-refractivity contribution in [3.05, 3.63) is 42.5 Å². The Balaban J connectivity index is 1.49. The molecular weight excluding hydrogens is 310 g/mol. The predicted octanol–water partition coefficient (Wildman–Crippen LogP) is 2.59. The Morgan fingerprint density at radius 1 is 1.17 bits per heavy atom. The summed E-state index contributed by atoms with van der Waals surface area (Å²) >= 11 is 1.84. The number of fused-ring (bicyclic) bond motifs is 1. The number of nitrogens with one attached hydrogen (secondary N) is 1. The maximum absolute atomic E-state index is 11.9. The van der Waals surface area contributed by atoms with E-state index in [1.165, 1.54) is 0 Å². The molecule has 2 aromatic rings. The second-order valence-electron chi connectivity index (χ2n) is 5.91. The molecule has 0 saturated carbocycles. The largest absolute Gasteiger partial charge is 0.484 e. The molecule has 5 heteroatoms. The van der Waals surface area contributed by atoms with Crippen LogP contribution in [0.2, 0.25) is 0 Å². The second kappa shape index (κ2) is 7.23. The molecule has 23 heavy (non-hydrogen) atoms. The molecule has 0 spiro atoms. The van der Waals surface area contributed by atoms with Crippen molar-refractivity contribution >= 4 is 28.4 Å². The number of hydrogen-bond acceptors (Lipinski definition) is 4. The van der Waals surface area contributed by atoms with E-state index < -0.39 is 5.60 Å². The summed E-state index contributed by atoms with van der Waals surface area (Å²) in [7, 11) is 0. The summed E-state index contributed by atoms with van der Waals surface area (Å²) in [5.41, 5.74) is -0.760. The number of benzene rings is 2. The van der Waals surface area contributed by atoms with Gasteiger partial charge in [-0.05, 0) is 47.3 Å². The van der Waals surface area contributed by atoms with Gasteiger partial charge in [0.25, 0.3) is 5.91 Å². The first-order chi connectivity index (χ1) is 11.1. The zero-order chi connectivity index (χ0) is 16.1. The number of carbonyl (C=O) groups excluding carboxylic acids is 1. The van der Waals surface area contributed by atoms with Gasteiger partial charge in [-0.3, -0.25) is 4.79 Å². The third kappa shape index (κ3) is 4.39. The van der Waals surface area contributed by atoms with Gasteiger partial charge in [-0.15, -0.1) is 0 Å². The number of hydrogen-bond donors (Lipinski definition) is 2. The van der Waals surface area contributed by atoms with Crippen LogP contribution in [0.1, 0.15) is 12.8 Å². The van der Waals surface area contributed by atoms with Gasteiger partial charge in [-0.2, -0.15) is 11.8 Å². The molecule has 0 aliphatic carbocycles. The molecule has 1 fully saturated rings. The normalized spacial score (nSPS) is 16.9. The molecule has 2 N–H and O–H groups in total. The summed E-state index contributed by atoms with van der Waals surface area (Å²) in [4.78, 5) is 11.9. The average molecular weight is 331 g/mol. The highest BCUT2D eigenvalue weighted by Crippen LogP contribution is 2.26. The van der Waals surface area contributed by atoms with Gasteiger partial charge in [0.2, 0.25) is 0 Å². The molecule has 122 valence electrons. The van der Waals surface area contributed by atoms with Crippen LogP contribution in [0.3, 0.4) is 0 Å². The summed E-state index contributed by atoms with van der Waals surface area (Å²) in [5, 5.41) is 15.4. The number of rotatable bonds is 5. The van der Waals surface area contributed by atoms with Crippen LogP contribution in [0.25, 0.3) is 10.8 Å². The fourth-order valence-corrected chi connectivity index (χ4v) is 3.90. The van der Waals surface area contributed by atoms with Gasteiger partial charge in [0, 0.05) is 6.54 Å². The highest BCUT2D eigenvalue weighted by Gasteiger charge is 2.29. The Bertz CT molecular complexity index is 683. The van der Waals surface area contributed by atoms with Crippen molar-refractivity contribution < 1.29 is 14.6 Å². The Morgan fingerprint density at radius 2 is 1.91 bits per heavy atom. The number of amides is 1. The van der Waals surface area contributed by atoms with Crippen LogP contribution in [-0.4, -0.2) is 41.3 Å². The molecule has 1 saturated heterocycles. The smallest absolute Gasteiger partial charge is 0.258 e. The topological polar surface area (TPSA) is 58.6 Å². The molecule has 1 aliphatic heterocycles. The molecule has 1 aliphatic rings. The monoisotopic (exact) mass is 331 g/mol. The van der Waals surface area contributed by atoms with Crippen molar-refractivity contribution in [1.29, 1.82) is 0 Å². The van der Waals surface area contributed by atoms with Crippen LogP contribution in [0.4, 0.5) is 0 Å². The molecule has 0 bridgehead atoms. The Morgan fingerprint density at radius 3 is 2.70 bits per heavy atom. The fraction of sp³-hybridized carbons (Fsp3) is 0.389. The SMILES string of the molecule is O=C(COc1ccc2ccccc2c1)NCC1(O)CCSCC1. The van der Waals surface area contributed by atoms with E-state index in [1.807, 2.05) is 54.2 Å². The van der Waals surface area contributed by atoms with E-state index in [9.17, 15) is 9.90 Å². The van der Waals surface area contributed by atoms with Crippen LogP contribution >= 0.6 is 11.8 Å². The summed E-state index contributed by atoms with van der Waals surface area (Å²) in [6, 6.07) is 13.8. The third-order valence-corrected chi connectivity index (χ3v) is 5.11. The van der Waals surface area contributed by atoms with Gasteiger partial charge in [0.1, 0.15) is 5.75 Å². The van der Waals surface area contributed by atoms with Crippen LogP contribution in [0.15, 0.2) is 42.5 Å². The summed E-state index contributed by atoms with van der Waals surface area (Å²) in [6.45, 7) is 0.261. The van der Waals surface area contributed by atoms with Crippen molar-refractivity contribution in [1.82, 2.24) is 5.32 Å². The van der Waals surface area contributed by atoms with Crippen molar-refractivity contribution in [3.63, 3.8) is 0 Å². The molecule has 1 amide bonds. The first kappa shape index (κ1) is 16.1. The lowest BCUT2D eigenvalue weighted by Gasteiger charge is -2.31. The Labute approximate surface area is 140 Å². The zero-order valence-electron chi connectivity index (χ0n) is 13.0. The van der Waals surface area contributed by atoms with Crippen molar-refractivity contribution in [3.8, 4) is 5.75 Å². The molecule has 0 unspecified atom stereocenters. The number of aliphatic hydroxyl groups is 1. The van der Waals surface area contributed by atoms with E-state index in [2.05, 4.69) is 5.32 Å². The average Bonchev–Trinajstić information content (AvgIpc) is 2.59. The van der Waals surface area contributed by atoms with Gasteiger partial charge >= 0.3 is 0 Å². The van der Waals surface area contributed by atoms with Gasteiger partial charge < -0.3 is 15.2 Å². The number of ether oxygens (including phenoxy) is 1. The molecule has 0 radical (unpaired) electrons. The third-order valence-electron chi connectivity index (χ3n) is 4.13. The lowest BCUT2D eigenvalue weighted by Crippen LogP contribution is -2.46. The lowest BCUT2D eigenvalue weighted by atomic mass is 9.97. The van der Waals surface area contributed by atoms with Crippen LogP contribution in [0.5, 0.6) is 5.75 Å². The minimum absolute atomic E-state index is 0.0385. The predicted molar refractivity (Wildman–Crippen MR) is 94.0 cm³/mol. The summed E-state index contributed by atoms with van der Waals surface area (Å²) in [6.07, 6.45) is 1.45. The standard InChI is InChI=1S/C18H21NO3S/c20-17(19-13-18(21)7-9-23-10-8-18)12-22-16-6-5-14-3-1-2-4-15(14)11-16/h1-6,11,21H,7-10,12-13H2,(H,19,20). The molecule has 0 atom stereocenters. The zero-order valence-corrected chi connectivity index (χ0v) is 13.8.